The van der Waals surface area contributed by atoms with Crippen LogP contribution in [0.15, 0.2) is 30.5 Å². The smallest absolute Gasteiger partial charge is 0.269 e. The molecule has 2 heterocycles. The number of carbonyl (C=O) groups is 1. The summed E-state index contributed by atoms with van der Waals surface area (Å²) in [5.74, 6) is 0.105. The van der Waals surface area contributed by atoms with Gasteiger partial charge in [-0.3, -0.25) is 15.2 Å². The lowest BCUT2D eigenvalue weighted by Crippen LogP contribution is -2.48. The molecule has 0 bridgehead atoms. The highest BCUT2D eigenvalue weighted by molar-refractivity contribution is 6.32. The molecule has 1 amide bonds. The third-order valence-electron chi connectivity index (χ3n) is 6.07. The lowest BCUT2D eigenvalue weighted by molar-refractivity contribution is -0.0508. The lowest BCUT2D eigenvalue weighted by atomic mass is 10.1. The van der Waals surface area contributed by atoms with Crippen LogP contribution in [0.2, 0.25) is 5.02 Å². The molecule has 0 unspecified atom stereocenters. The van der Waals surface area contributed by atoms with Gasteiger partial charge in [-0.05, 0) is 37.6 Å². The first-order valence-electron chi connectivity index (χ1n) is 11.6. The van der Waals surface area contributed by atoms with E-state index in [0.717, 1.165) is 50.8 Å². The monoisotopic (exact) mass is 484 g/mol. The molecular weight excluding hydrogens is 456 g/mol. The fraction of sp³-hybridized carbons (Fsp3) is 0.500. The van der Waals surface area contributed by atoms with Gasteiger partial charge in [-0.15, -0.1) is 0 Å². The zero-order valence-corrected chi connectivity index (χ0v) is 20.0. The first-order chi connectivity index (χ1) is 16.5. The van der Waals surface area contributed by atoms with Gasteiger partial charge in [0, 0.05) is 25.1 Å². The minimum Gasteiger partial charge on any atom is -0.350 e. The molecule has 1 aromatic heterocycles. The van der Waals surface area contributed by atoms with Crippen molar-refractivity contribution in [1.29, 1.82) is 5.26 Å². The summed E-state index contributed by atoms with van der Waals surface area (Å²) in [6.07, 6.45) is 6.05. The molecule has 0 atom stereocenters. The van der Waals surface area contributed by atoms with E-state index >= 15 is 0 Å². The molecule has 1 aliphatic carbocycles. The summed E-state index contributed by atoms with van der Waals surface area (Å²) in [5.41, 5.74) is 4.61. The number of halogens is 1. The van der Waals surface area contributed by atoms with E-state index in [9.17, 15) is 10.1 Å². The molecule has 180 valence electrons. The maximum Gasteiger partial charge on any atom is 0.269 e. The fourth-order valence-electron chi connectivity index (χ4n) is 4.29. The predicted octanol–water partition coefficient (Wildman–Crippen LogP) is 3.29. The van der Waals surface area contributed by atoms with E-state index in [-0.39, 0.29) is 29.1 Å². The summed E-state index contributed by atoms with van der Waals surface area (Å²) in [5, 5.41) is 11.2. The van der Waals surface area contributed by atoms with Crippen LogP contribution in [0.25, 0.3) is 0 Å². The highest BCUT2D eigenvalue weighted by atomic mass is 35.5. The SMILES string of the molecule is CN(CCC1OCCO1)Cc1ccc(C(=O)NN(c2nc(C#N)ncc2Cl)C2CCCC2)cc1. The molecule has 0 radical (unpaired) electrons. The highest BCUT2D eigenvalue weighted by Gasteiger charge is 2.28. The van der Waals surface area contributed by atoms with Crippen LogP contribution in [0.5, 0.6) is 0 Å². The maximum absolute atomic E-state index is 13.1. The standard InChI is InChI=1S/C24H29ClN6O3/c1-30(11-10-22-33-12-13-34-22)16-17-6-8-18(9-7-17)24(32)29-31(19-4-2-3-5-19)23-20(25)15-27-21(14-26)28-23/h6-9,15,19,22H,2-5,10-13,16H2,1H3,(H,29,32). The molecule has 2 aromatic rings. The number of aromatic nitrogens is 2. The van der Waals surface area contributed by atoms with Gasteiger partial charge in [0.1, 0.15) is 11.1 Å². The molecule has 4 rings (SSSR count). The van der Waals surface area contributed by atoms with Crippen LogP contribution < -0.4 is 10.4 Å². The van der Waals surface area contributed by atoms with E-state index in [4.69, 9.17) is 21.1 Å². The summed E-state index contributed by atoms with van der Waals surface area (Å²) in [7, 11) is 2.05. The normalized spacial score (nSPS) is 16.6. The van der Waals surface area contributed by atoms with E-state index in [1.165, 1.54) is 6.20 Å². The number of nitrogens with zero attached hydrogens (tertiary/aromatic N) is 5. The zero-order chi connectivity index (χ0) is 23.9. The Hall–Kier alpha value is -2.77. The first kappa shape index (κ1) is 24.4. The Morgan fingerprint density at radius 1 is 1.24 bits per heavy atom. The third-order valence-corrected chi connectivity index (χ3v) is 6.34. The van der Waals surface area contributed by atoms with Crippen molar-refractivity contribution in [1.82, 2.24) is 20.3 Å². The molecule has 2 fully saturated rings. The van der Waals surface area contributed by atoms with Gasteiger partial charge in [0.25, 0.3) is 5.91 Å². The van der Waals surface area contributed by atoms with Gasteiger partial charge in [-0.2, -0.15) is 10.2 Å². The Kier molecular flexibility index (Phi) is 8.29. The number of benzene rings is 1. The molecule has 10 heteroatoms. The average molecular weight is 485 g/mol. The van der Waals surface area contributed by atoms with Gasteiger partial charge in [0.05, 0.1) is 25.5 Å². The number of hydrogen-bond acceptors (Lipinski definition) is 8. The second kappa shape index (κ2) is 11.6. The summed E-state index contributed by atoms with van der Waals surface area (Å²) in [6.45, 7) is 2.95. The quantitative estimate of drug-likeness (QED) is 0.541. The van der Waals surface area contributed by atoms with Crippen molar-refractivity contribution in [3.8, 4) is 6.07 Å². The van der Waals surface area contributed by atoms with Crippen molar-refractivity contribution in [2.75, 3.05) is 31.8 Å². The van der Waals surface area contributed by atoms with E-state index in [1.807, 2.05) is 30.3 Å². The van der Waals surface area contributed by atoms with Gasteiger partial charge in [-0.1, -0.05) is 36.6 Å². The first-order valence-corrected chi connectivity index (χ1v) is 11.9. The van der Waals surface area contributed by atoms with Gasteiger partial charge in [0.2, 0.25) is 5.82 Å². The number of hydrazine groups is 1. The molecule has 34 heavy (non-hydrogen) atoms. The Balaban J connectivity index is 1.40. The van der Waals surface area contributed by atoms with Crippen LogP contribution in [0, 0.1) is 11.3 Å². The molecule has 2 aliphatic rings. The van der Waals surface area contributed by atoms with Crippen LogP contribution in [-0.4, -0.2) is 59.9 Å². The van der Waals surface area contributed by atoms with Crippen LogP contribution >= 0.6 is 11.6 Å². The number of hydrogen-bond donors (Lipinski definition) is 1. The van der Waals surface area contributed by atoms with Gasteiger partial charge in [0.15, 0.2) is 12.1 Å². The van der Waals surface area contributed by atoms with Gasteiger partial charge in [-0.25, -0.2) is 4.98 Å². The van der Waals surface area contributed by atoms with Crippen molar-refractivity contribution in [2.45, 2.75) is 51.0 Å². The molecule has 1 aliphatic heterocycles. The van der Waals surface area contributed by atoms with Crippen LogP contribution in [0.4, 0.5) is 5.82 Å². The Morgan fingerprint density at radius 2 is 1.94 bits per heavy atom. The van der Waals surface area contributed by atoms with E-state index < -0.39 is 0 Å². The molecule has 1 aromatic carbocycles. The predicted molar refractivity (Wildman–Crippen MR) is 127 cm³/mol. The summed E-state index contributed by atoms with van der Waals surface area (Å²) in [6, 6.07) is 9.54. The number of nitrogens with one attached hydrogen (secondary N) is 1. The topological polar surface area (TPSA) is 104 Å². The zero-order valence-electron chi connectivity index (χ0n) is 19.2. The van der Waals surface area contributed by atoms with E-state index in [0.29, 0.717) is 24.6 Å². The molecule has 1 saturated carbocycles. The summed E-state index contributed by atoms with van der Waals surface area (Å²) in [4.78, 5) is 23.5. The van der Waals surface area contributed by atoms with Crippen molar-refractivity contribution in [3.05, 3.63) is 52.4 Å². The maximum atomic E-state index is 13.1. The van der Waals surface area contributed by atoms with Crippen LogP contribution in [0.1, 0.15) is 53.8 Å². The number of ether oxygens (including phenoxy) is 2. The molecule has 0 spiro atoms. The second-order valence-corrected chi connectivity index (χ2v) is 9.03. The number of anilines is 1. The largest absolute Gasteiger partial charge is 0.350 e. The van der Waals surface area contributed by atoms with Crippen molar-refractivity contribution in [2.24, 2.45) is 0 Å². The van der Waals surface area contributed by atoms with Gasteiger partial charge >= 0.3 is 0 Å². The fourth-order valence-corrected chi connectivity index (χ4v) is 4.47. The lowest BCUT2D eigenvalue weighted by Gasteiger charge is -2.30. The average Bonchev–Trinajstić information content (AvgIpc) is 3.57. The summed E-state index contributed by atoms with van der Waals surface area (Å²) >= 11 is 6.34. The molecular formula is C24H29ClN6O3. The molecule has 1 N–H and O–H groups in total. The minimum absolute atomic E-state index is 0.0103. The summed E-state index contributed by atoms with van der Waals surface area (Å²) < 4.78 is 11.0. The van der Waals surface area contributed by atoms with Crippen molar-refractivity contribution in [3.63, 3.8) is 0 Å². The van der Waals surface area contributed by atoms with Gasteiger partial charge < -0.3 is 14.4 Å². The van der Waals surface area contributed by atoms with Crippen molar-refractivity contribution < 1.29 is 14.3 Å². The Labute approximate surface area is 204 Å². The number of rotatable bonds is 9. The molecule has 9 nitrogen and oxygen atoms in total. The third kappa shape index (κ3) is 6.21. The van der Waals surface area contributed by atoms with Crippen LogP contribution in [0.3, 0.4) is 0 Å². The Bertz CT molecular complexity index is 1020. The highest BCUT2D eigenvalue weighted by Crippen LogP contribution is 2.30. The Morgan fingerprint density at radius 3 is 2.62 bits per heavy atom. The van der Waals surface area contributed by atoms with Crippen molar-refractivity contribution >= 4 is 23.3 Å². The number of carbonyl (C=O) groups excluding carboxylic acids is 1. The van der Waals surface area contributed by atoms with Crippen LogP contribution in [-0.2, 0) is 16.0 Å². The minimum atomic E-state index is -0.254. The van der Waals surface area contributed by atoms with E-state index in [2.05, 4.69) is 27.3 Å². The number of nitriles is 1. The second-order valence-electron chi connectivity index (χ2n) is 8.62. The van der Waals surface area contributed by atoms with E-state index in [1.54, 1.807) is 5.01 Å². The molecule has 1 saturated heterocycles. The number of amides is 1.